The molecule has 1 heterocycles. The molecule has 0 amide bonds. The van der Waals surface area contributed by atoms with Crippen LogP contribution < -0.4 is 0 Å². The quantitative estimate of drug-likeness (QED) is 0.655. The zero-order valence-corrected chi connectivity index (χ0v) is 11.9. The van der Waals surface area contributed by atoms with Crippen LogP contribution in [0.1, 0.15) is 29.5 Å². The van der Waals surface area contributed by atoms with Crippen molar-refractivity contribution in [2.45, 2.75) is 19.3 Å². The maximum absolute atomic E-state index is 9.83. The molecule has 1 aromatic heterocycles. The van der Waals surface area contributed by atoms with Crippen molar-refractivity contribution >= 4 is 11.0 Å². The molecule has 0 saturated carbocycles. The molecule has 108 valence electrons. The SMILES string of the molecule is C[C@@H]1Cc2c(oc3c(C#N)cc(O)cc23)-c2ccc(O)cc21. The fraction of sp³-hybridized carbons (Fsp3) is 0.167. The molecular formula is C18H13NO3. The second-order valence-electron chi connectivity index (χ2n) is 5.77. The average molecular weight is 291 g/mol. The minimum absolute atomic E-state index is 0.0665. The summed E-state index contributed by atoms with van der Waals surface area (Å²) < 4.78 is 5.97. The van der Waals surface area contributed by atoms with Gasteiger partial charge < -0.3 is 14.6 Å². The fourth-order valence-electron chi connectivity index (χ4n) is 3.32. The van der Waals surface area contributed by atoms with Crippen molar-refractivity contribution in [1.29, 1.82) is 5.26 Å². The van der Waals surface area contributed by atoms with Crippen molar-refractivity contribution < 1.29 is 14.6 Å². The van der Waals surface area contributed by atoms with Crippen molar-refractivity contribution in [3.63, 3.8) is 0 Å². The summed E-state index contributed by atoms with van der Waals surface area (Å²) in [6, 6.07) is 10.4. The average Bonchev–Trinajstić information content (AvgIpc) is 2.85. The molecule has 0 fully saturated rings. The largest absolute Gasteiger partial charge is 0.508 e. The third-order valence-electron chi connectivity index (χ3n) is 4.32. The highest BCUT2D eigenvalue weighted by molar-refractivity contribution is 5.94. The monoisotopic (exact) mass is 291 g/mol. The molecule has 1 atom stereocenters. The Morgan fingerprint density at radius 2 is 2.00 bits per heavy atom. The molecule has 3 aromatic rings. The van der Waals surface area contributed by atoms with E-state index in [2.05, 4.69) is 13.0 Å². The van der Waals surface area contributed by atoms with Crippen molar-refractivity contribution in [1.82, 2.24) is 0 Å². The van der Waals surface area contributed by atoms with E-state index in [0.717, 1.165) is 34.3 Å². The van der Waals surface area contributed by atoms with E-state index in [-0.39, 0.29) is 17.4 Å². The van der Waals surface area contributed by atoms with Crippen LogP contribution in [0.3, 0.4) is 0 Å². The summed E-state index contributed by atoms with van der Waals surface area (Å²) in [5.41, 5.74) is 3.82. The fourth-order valence-corrected chi connectivity index (χ4v) is 3.32. The number of furan rings is 1. The van der Waals surface area contributed by atoms with Crippen LogP contribution in [0.15, 0.2) is 34.7 Å². The summed E-state index contributed by atoms with van der Waals surface area (Å²) in [5.74, 6) is 1.26. The molecule has 4 nitrogen and oxygen atoms in total. The van der Waals surface area contributed by atoms with E-state index >= 15 is 0 Å². The van der Waals surface area contributed by atoms with E-state index in [4.69, 9.17) is 4.42 Å². The summed E-state index contributed by atoms with van der Waals surface area (Å²) in [6.07, 6.45) is 0.743. The lowest BCUT2D eigenvalue weighted by atomic mass is 9.82. The molecule has 4 heteroatoms. The number of benzene rings is 2. The second-order valence-corrected chi connectivity index (χ2v) is 5.77. The highest BCUT2D eigenvalue weighted by atomic mass is 16.3. The number of hydrogen-bond acceptors (Lipinski definition) is 4. The summed E-state index contributed by atoms with van der Waals surface area (Å²) in [4.78, 5) is 0. The molecule has 2 aromatic carbocycles. The van der Waals surface area contributed by atoms with Crippen molar-refractivity contribution in [3.05, 3.63) is 47.0 Å². The Balaban J connectivity index is 2.10. The smallest absolute Gasteiger partial charge is 0.153 e. The van der Waals surface area contributed by atoms with Gasteiger partial charge in [-0.1, -0.05) is 6.92 Å². The van der Waals surface area contributed by atoms with Crippen LogP contribution in [0.4, 0.5) is 0 Å². The number of hydrogen-bond donors (Lipinski definition) is 2. The van der Waals surface area contributed by atoms with Gasteiger partial charge in [0.2, 0.25) is 0 Å². The number of fused-ring (bicyclic) bond motifs is 5. The van der Waals surface area contributed by atoms with Gasteiger partial charge in [0, 0.05) is 22.6 Å². The molecule has 0 radical (unpaired) electrons. The van der Waals surface area contributed by atoms with Crippen LogP contribution in [-0.2, 0) is 6.42 Å². The first kappa shape index (κ1) is 12.8. The number of nitriles is 1. The molecule has 0 saturated heterocycles. The molecule has 0 bridgehead atoms. The first-order valence-electron chi connectivity index (χ1n) is 7.10. The first-order valence-corrected chi connectivity index (χ1v) is 7.10. The first-order chi connectivity index (χ1) is 10.6. The number of phenolic OH excluding ortho intramolecular Hbond substituents is 2. The predicted octanol–water partition coefficient (Wildman–Crippen LogP) is 4.04. The van der Waals surface area contributed by atoms with Gasteiger partial charge in [-0.05, 0) is 42.2 Å². The van der Waals surface area contributed by atoms with Gasteiger partial charge in [0.15, 0.2) is 5.58 Å². The lowest BCUT2D eigenvalue weighted by Gasteiger charge is -2.21. The topological polar surface area (TPSA) is 77.4 Å². The van der Waals surface area contributed by atoms with Gasteiger partial charge in [0.25, 0.3) is 0 Å². The lowest BCUT2D eigenvalue weighted by Crippen LogP contribution is -2.06. The normalized spacial score (nSPS) is 16.1. The van der Waals surface area contributed by atoms with Crippen LogP contribution in [0.5, 0.6) is 11.5 Å². The highest BCUT2D eigenvalue weighted by Crippen LogP contribution is 2.46. The minimum atomic E-state index is 0.0665. The lowest BCUT2D eigenvalue weighted by molar-refractivity contribution is 0.473. The number of nitrogens with zero attached hydrogens (tertiary/aromatic N) is 1. The van der Waals surface area contributed by atoms with E-state index < -0.39 is 0 Å². The van der Waals surface area contributed by atoms with E-state index in [1.165, 1.54) is 6.07 Å². The molecule has 1 aliphatic carbocycles. The molecule has 1 aliphatic rings. The highest BCUT2D eigenvalue weighted by Gasteiger charge is 2.28. The van der Waals surface area contributed by atoms with E-state index in [9.17, 15) is 15.5 Å². The standard InChI is InChI=1S/C18H13NO3/c1-9-4-15-16-7-12(21)5-10(8-19)17(16)22-18(15)13-3-2-11(20)6-14(9)13/h2-3,5-7,9,20-21H,4H2,1H3/t9-/m1/s1. The summed E-state index contributed by atoms with van der Waals surface area (Å²) in [5, 5.41) is 29.6. The molecular weight excluding hydrogens is 278 g/mol. The van der Waals surface area contributed by atoms with Gasteiger partial charge in [-0.25, -0.2) is 0 Å². The van der Waals surface area contributed by atoms with Gasteiger partial charge in [-0.15, -0.1) is 0 Å². The number of rotatable bonds is 0. The van der Waals surface area contributed by atoms with Crippen LogP contribution in [-0.4, -0.2) is 10.2 Å². The Morgan fingerprint density at radius 1 is 1.18 bits per heavy atom. The molecule has 0 aliphatic heterocycles. The second kappa shape index (κ2) is 4.28. The van der Waals surface area contributed by atoms with E-state index in [0.29, 0.717) is 11.1 Å². The Labute approximate surface area is 126 Å². The van der Waals surface area contributed by atoms with Crippen molar-refractivity contribution in [3.8, 4) is 28.9 Å². The maximum atomic E-state index is 9.83. The van der Waals surface area contributed by atoms with Gasteiger partial charge in [0.05, 0.1) is 5.56 Å². The van der Waals surface area contributed by atoms with Crippen LogP contribution in [0.2, 0.25) is 0 Å². The number of aromatic hydroxyl groups is 2. The van der Waals surface area contributed by atoms with Gasteiger partial charge in [-0.3, -0.25) is 0 Å². The van der Waals surface area contributed by atoms with Crippen molar-refractivity contribution in [2.24, 2.45) is 0 Å². The molecule has 4 rings (SSSR count). The predicted molar refractivity (Wildman–Crippen MR) is 81.8 cm³/mol. The van der Waals surface area contributed by atoms with E-state index in [1.54, 1.807) is 18.2 Å². The third kappa shape index (κ3) is 1.63. The zero-order valence-electron chi connectivity index (χ0n) is 11.9. The van der Waals surface area contributed by atoms with Crippen LogP contribution in [0, 0.1) is 11.3 Å². The minimum Gasteiger partial charge on any atom is -0.508 e. The molecule has 2 N–H and O–H groups in total. The zero-order chi connectivity index (χ0) is 15.4. The number of phenols is 2. The van der Waals surface area contributed by atoms with Crippen molar-refractivity contribution in [2.75, 3.05) is 0 Å². The summed E-state index contributed by atoms with van der Waals surface area (Å²) in [6.45, 7) is 2.09. The van der Waals surface area contributed by atoms with Gasteiger partial charge in [0.1, 0.15) is 23.3 Å². The van der Waals surface area contributed by atoms with Crippen LogP contribution >= 0.6 is 0 Å². The van der Waals surface area contributed by atoms with E-state index in [1.807, 2.05) is 6.07 Å². The molecule has 0 unspecified atom stereocenters. The summed E-state index contributed by atoms with van der Waals surface area (Å²) in [7, 11) is 0. The molecule has 0 spiro atoms. The molecule has 22 heavy (non-hydrogen) atoms. The Hall–Kier alpha value is -2.93. The Morgan fingerprint density at radius 3 is 2.77 bits per heavy atom. The maximum Gasteiger partial charge on any atom is 0.153 e. The van der Waals surface area contributed by atoms with Crippen LogP contribution in [0.25, 0.3) is 22.3 Å². The summed E-state index contributed by atoms with van der Waals surface area (Å²) >= 11 is 0. The van der Waals surface area contributed by atoms with Gasteiger partial charge >= 0.3 is 0 Å². The van der Waals surface area contributed by atoms with Gasteiger partial charge in [-0.2, -0.15) is 5.26 Å². The Kier molecular flexibility index (Phi) is 2.49. The third-order valence-corrected chi connectivity index (χ3v) is 4.32. The Bertz CT molecular complexity index is 963.